The number of nitrogens with two attached hydrogens (primary N) is 3. The maximum absolute atomic E-state index is 10.8. The van der Waals surface area contributed by atoms with Crippen molar-refractivity contribution >= 4 is 23.0 Å². The molecule has 3 heterocycles. The van der Waals surface area contributed by atoms with Crippen molar-refractivity contribution in [3.8, 4) is 0 Å². The van der Waals surface area contributed by atoms with Crippen LogP contribution in [-0.2, 0) is 9.53 Å². The molecule has 0 unspecified atom stereocenters. The van der Waals surface area contributed by atoms with E-state index in [-0.39, 0.29) is 5.82 Å². The summed E-state index contributed by atoms with van der Waals surface area (Å²) in [6, 6.07) is -0.878. The number of carboxylic acids is 1. The van der Waals surface area contributed by atoms with Gasteiger partial charge in [0, 0.05) is 26.1 Å². The van der Waals surface area contributed by atoms with E-state index >= 15 is 0 Å². The number of nitrogen functional groups attached to an aromatic ring is 1. The molecule has 8 N–H and O–H groups in total. The van der Waals surface area contributed by atoms with Crippen molar-refractivity contribution < 1.29 is 19.7 Å². The number of fused-ring (bicyclic) bond motifs is 1. The fourth-order valence-electron chi connectivity index (χ4n) is 3.52. The van der Waals surface area contributed by atoms with Crippen LogP contribution in [0.2, 0.25) is 0 Å². The number of ether oxygens (including phenoxy) is 1. The monoisotopic (exact) mass is 408 g/mol. The first-order valence-corrected chi connectivity index (χ1v) is 9.58. The zero-order chi connectivity index (χ0) is 21.0. The molecule has 1 aliphatic heterocycles. The lowest BCUT2D eigenvalue weighted by Gasteiger charge is -2.26. The molecule has 2 aromatic rings. The predicted molar refractivity (Wildman–Crippen MR) is 105 cm³/mol. The molecule has 12 nitrogen and oxygen atoms in total. The number of carboxylic acid groups (broad SMARTS) is 1. The minimum absolute atomic E-state index is 0.289. The molecule has 29 heavy (non-hydrogen) atoms. The molecular weight excluding hydrogens is 380 g/mol. The molecule has 3 rings (SSSR count). The van der Waals surface area contributed by atoms with Crippen LogP contribution in [0.15, 0.2) is 12.7 Å². The normalized spacial score (nSPS) is 23.1. The van der Waals surface area contributed by atoms with Gasteiger partial charge in [-0.15, -0.1) is 0 Å². The number of imidazole rings is 1. The van der Waals surface area contributed by atoms with E-state index in [2.05, 4.69) is 19.9 Å². The minimum atomic E-state index is -1.01. The van der Waals surface area contributed by atoms with E-state index < -0.39 is 30.4 Å². The highest BCUT2D eigenvalue weighted by molar-refractivity contribution is 5.81. The first-order chi connectivity index (χ1) is 13.9. The van der Waals surface area contributed by atoms with Crippen LogP contribution in [0.3, 0.4) is 0 Å². The summed E-state index contributed by atoms with van der Waals surface area (Å²) >= 11 is 0. The average molecular weight is 408 g/mol. The Bertz CT molecular complexity index is 831. The number of aliphatic hydroxyl groups excluding tert-OH is 1. The van der Waals surface area contributed by atoms with Crippen LogP contribution in [-0.4, -0.2) is 85.0 Å². The van der Waals surface area contributed by atoms with E-state index in [1.54, 1.807) is 10.9 Å². The number of rotatable bonds is 10. The summed E-state index contributed by atoms with van der Waals surface area (Å²) in [5.74, 6) is -0.720. The molecule has 1 saturated heterocycles. The smallest absolute Gasteiger partial charge is 0.320 e. The summed E-state index contributed by atoms with van der Waals surface area (Å²) in [4.78, 5) is 25.3. The molecule has 2 aromatic heterocycles. The van der Waals surface area contributed by atoms with Crippen LogP contribution in [0.4, 0.5) is 5.82 Å². The van der Waals surface area contributed by atoms with Gasteiger partial charge in [-0.05, 0) is 19.4 Å². The third-order valence-electron chi connectivity index (χ3n) is 5.09. The molecule has 1 fully saturated rings. The maximum atomic E-state index is 10.8. The Labute approximate surface area is 167 Å². The van der Waals surface area contributed by atoms with Crippen molar-refractivity contribution in [2.75, 3.05) is 31.9 Å². The fraction of sp³-hybridized carbons (Fsp3) is 0.647. The van der Waals surface area contributed by atoms with Crippen molar-refractivity contribution in [1.29, 1.82) is 0 Å². The van der Waals surface area contributed by atoms with Gasteiger partial charge in [0.05, 0.1) is 18.5 Å². The molecule has 0 aliphatic carbocycles. The SMILES string of the molecule is NCCN(CCC[C@H](N)C(=O)O)C[C@H]1O[C@@H](n2cnc3c(N)ncnc32)C[C@@H]1O. The standard InChI is InChI=1S/C17H28N8O4/c18-3-5-24(4-1-2-10(19)17(27)28)7-12-11(26)6-13(29-12)25-9-23-14-15(20)21-8-22-16(14)25/h8-13,26H,1-7,18-19H2,(H,27,28)(H2,20,21,22)/t10-,11-,12+,13+/m0/s1. The van der Waals surface area contributed by atoms with Crippen LogP contribution >= 0.6 is 0 Å². The second kappa shape index (κ2) is 9.41. The first kappa shape index (κ1) is 21.3. The zero-order valence-corrected chi connectivity index (χ0v) is 16.1. The molecular formula is C17H28N8O4. The maximum Gasteiger partial charge on any atom is 0.320 e. The second-order valence-electron chi connectivity index (χ2n) is 7.19. The molecule has 0 bridgehead atoms. The van der Waals surface area contributed by atoms with Gasteiger partial charge in [-0.3, -0.25) is 14.3 Å². The van der Waals surface area contributed by atoms with Gasteiger partial charge in [0.15, 0.2) is 11.5 Å². The largest absolute Gasteiger partial charge is 0.480 e. The zero-order valence-electron chi connectivity index (χ0n) is 16.1. The fourth-order valence-corrected chi connectivity index (χ4v) is 3.52. The van der Waals surface area contributed by atoms with Gasteiger partial charge in [0.2, 0.25) is 0 Å². The Morgan fingerprint density at radius 2 is 2.17 bits per heavy atom. The molecule has 4 atom stereocenters. The van der Waals surface area contributed by atoms with Crippen molar-refractivity contribution in [2.45, 2.75) is 43.7 Å². The van der Waals surface area contributed by atoms with Gasteiger partial charge < -0.3 is 32.2 Å². The van der Waals surface area contributed by atoms with Crippen LogP contribution in [0.1, 0.15) is 25.5 Å². The number of nitrogens with zero attached hydrogens (tertiary/aromatic N) is 5. The van der Waals surface area contributed by atoms with Crippen molar-refractivity contribution in [1.82, 2.24) is 24.4 Å². The number of aliphatic carboxylic acids is 1. The van der Waals surface area contributed by atoms with E-state index in [9.17, 15) is 9.90 Å². The lowest BCUT2D eigenvalue weighted by atomic mass is 10.1. The third kappa shape index (κ3) is 4.97. The highest BCUT2D eigenvalue weighted by Crippen LogP contribution is 2.31. The van der Waals surface area contributed by atoms with Gasteiger partial charge in [-0.25, -0.2) is 15.0 Å². The van der Waals surface area contributed by atoms with Gasteiger partial charge in [-0.1, -0.05) is 0 Å². The van der Waals surface area contributed by atoms with Gasteiger partial charge >= 0.3 is 5.97 Å². The number of hydrogen-bond acceptors (Lipinski definition) is 10. The molecule has 160 valence electrons. The van der Waals surface area contributed by atoms with E-state index in [4.69, 9.17) is 27.0 Å². The van der Waals surface area contributed by atoms with Gasteiger partial charge in [-0.2, -0.15) is 0 Å². The van der Waals surface area contributed by atoms with Crippen LogP contribution in [0.25, 0.3) is 11.2 Å². The molecule has 0 spiro atoms. The second-order valence-corrected chi connectivity index (χ2v) is 7.19. The van der Waals surface area contributed by atoms with Gasteiger partial charge in [0.1, 0.15) is 24.1 Å². The highest BCUT2D eigenvalue weighted by Gasteiger charge is 2.36. The molecule has 0 radical (unpaired) electrons. The van der Waals surface area contributed by atoms with Crippen molar-refractivity contribution in [3.63, 3.8) is 0 Å². The van der Waals surface area contributed by atoms with E-state index in [1.807, 2.05) is 0 Å². The lowest BCUT2D eigenvalue weighted by molar-refractivity contribution is -0.138. The highest BCUT2D eigenvalue weighted by atomic mass is 16.5. The average Bonchev–Trinajstić information content (AvgIpc) is 3.26. The predicted octanol–water partition coefficient (Wildman–Crippen LogP) is -1.49. The van der Waals surface area contributed by atoms with E-state index in [0.717, 1.165) is 0 Å². The van der Waals surface area contributed by atoms with Gasteiger partial charge in [0.25, 0.3) is 0 Å². The van der Waals surface area contributed by atoms with Crippen LogP contribution < -0.4 is 17.2 Å². The molecule has 0 aromatic carbocycles. The van der Waals surface area contributed by atoms with E-state index in [0.29, 0.717) is 56.6 Å². The summed E-state index contributed by atoms with van der Waals surface area (Å²) < 4.78 is 7.82. The Balaban J connectivity index is 1.61. The number of carbonyl (C=O) groups is 1. The number of aromatic nitrogens is 4. The number of anilines is 1. The molecule has 12 heteroatoms. The Morgan fingerprint density at radius 1 is 1.38 bits per heavy atom. The summed E-state index contributed by atoms with van der Waals surface area (Å²) in [6.45, 7) is 2.14. The molecule has 0 amide bonds. The lowest BCUT2D eigenvalue weighted by Crippen LogP contribution is -2.41. The summed E-state index contributed by atoms with van der Waals surface area (Å²) in [7, 11) is 0. The Hall–Kier alpha value is -2.38. The van der Waals surface area contributed by atoms with Crippen molar-refractivity contribution in [3.05, 3.63) is 12.7 Å². The summed E-state index contributed by atoms with van der Waals surface area (Å²) in [5.41, 5.74) is 18.1. The quantitative estimate of drug-likeness (QED) is 0.307. The Morgan fingerprint density at radius 3 is 2.90 bits per heavy atom. The minimum Gasteiger partial charge on any atom is -0.480 e. The molecule has 0 saturated carbocycles. The Kier molecular flexibility index (Phi) is 6.92. The third-order valence-corrected chi connectivity index (χ3v) is 5.09. The van der Waals surface area contributed by atoms with Crippen LogP contribution in [0.5, 0.6) is 0 Å². The number of hydrogen-bond donors (Lipinski definition) is 5. The molecule has 1 aliphatic rings. The summed E-state index contributed by atoms with van der Waals surface area (Å²) in [5, 5.41) is 19.4. The van der Waals surface area contributed by atoms with Crippen molar-refractivity contribution in [2.24, 2.45) is 11.5 Å². The van der Waals surface area contributed by atoms with Crippen LogP contribution in [0, 0.1) is 0 Å². The topological polar surface area (TPSA) is 192 Å². The number of aliphatic hydroxyl groups is 1. The first-order valence-electron chi connectivity index (χ1n) is 9.58. The van der Waals surface area contributed by atoms with E-state index in [1.165, 1.54) is 6.33 Å². The summed E-state index contributed by atoms with van der Waals surface area (Å²) in [6.07, 6.45) is 2.81.